The first-order valence-electron chi connectivity index (χ1n) is 5.91. The van der Waals surface area contributed by atoms with Gasteiger partial charge >= 0.3 is 5.97 Å². The molecule has 0 heterocycles. The monoisotopic (exact) mass is 306 g/mol. The summed E-state index contributed by atoms with van der Waals surface area (Å²) < 4.78 is 54.8. The summed E-state index contributed by atoms with van der Waals surface area (Å²) in [5.41, 5.74) is -0.720. The van der Waals surface area contributed by atoms with Crippen molar-refractivity contribution in [1.82, 2.24) is 0 Å². The van der Waals surface area contributed by atoms with Crippen LogP contribution in [0.15, 0.2) is 23.1 Å². The molecule has 0 aliphatic rings. The van der Waals surface area contributed by atoms with Crippen molar-refractivity contribution in [3.8, 4) is 0 Å². The molecule has 0 saturated heterocycles. The number of carbonyl (C=O) groups is 1. The standard InChI is InChI=1S/C13H16F2O4S/c1-13(2,3)19-12(16)6-7-20(17,18)11-5-4-9(14)8-10(11)15/h4-5,8H,6-7H2,1-3H3. The van der Waals surface area contributed by atoms with E-state index in [2.05, 4.69) is 0 Å². The molecule has 0 spiro atoms. The van der Waals surface area contributed by atoms with Crippen molar-refractivity contribution in [2.45, 2.75) is 37.7 Å². The molecule has 0 amide bonds. The summed E-state index contributed by atoms with van der Waals surface area (Å²) in [5, 5.41) is 0. The van der Waals surface area contributed by atoms with Crippen molar-refractivity contribution < 1.29 is 26.7 Å². The van der Waals surface area contributed by atoms with Gasteiger partial charge in [0.1, 0.15) is 22.1 Å². The average molecular weight is 306 g/mol. The minimum atomic E-state index is -4.00. The first kappa shape index (κ1) is 16.6. The molecular weight excluding hydrogens is 290 g/mol. The van der Waals surface area contributed by atoms with E-state index in [-0.39, 0.29) is 0 Å². The molecule has 0 unspecified atom stereocenters. The molecule has 1 aromatic carbocycles. The largest absolute Gasteiger partial charge is 0.460 e. The Morgan fingerprint density at radius 2 is 1.85 bits per heavy atom. The molecule has 0 aromatic heterocycles. The highest BCUT2D eigenvalue weighted by molar-refractivity contribution is 7.91. The van der Waals surface area contributed by atoms with Crippen LogP contribution in [0.25, 0.3) is 0 Å². The zero-order valence-electron chi connectivity index (χ0n) is 11.4. The number of sulfone groups is 1. The van der Waals surface area contributed by atoms with Crippen LogP contribution in [0.1, 0.15) is 27.2 Å². The number of carbonyl (C=O) groups excluding carboxylic acids is 1. The number of ether oxygens (including phenoxy) is 1. The number of benzene rings is 1. The van der Waals surface area contributed by atoms with E-state index in [1.54, 1.807) is 20.8 Å². The molecule has 0 atom stereocenters. The number of halogens is 2. The highest BCUT2D eigenvalue weighted by Crippen LogP contribution is 2.18. The third kappa shape index (κ3) is 4.88. The molecule has 1 aromatic rings. The second-order valence-corrected chi connectivity index (χ2v) is 7.31. The van der Waals surface area contributed by atoms with Gasteiger partial charge in [0.05, 0.1) is 12.2 Å². The van der Waals surface area contributed by atoms with Crippen LogP contribution in [0.2, 0.25) is 0 Å². The van der Waals surface area contributed by atoms with Crippen LogP contribution in [0.3, 0.4) is 0 Å². The summed E-state index contributed by atoms with van der Waals surface area (Å²) in [5.74, 6) is -3.32. The van der Waals surface area contributed by atoms with Gasteiger partial charge < -0.3 is 4.74 Å². The average Bonchev–Trinajstić information content (AvgIpc) is 2.23. The third-order valence-corrected chi connectivity index (χ3v) is 3.97. The lowest BCUT2D eigenvalue weighted by atomic mass is 10.2. The fourth-order valence-electron chi connectivity index (χ4n) is 1.45. The molecule has 0 saturated carbocycles. The maximum Gasteiger partial charge on any atom is 0.307 e. The molecule has 4 nitrogen and oxygen atoms in total. The predicted molar refractivity (Wildman–Crippen MR) is 68.9 cm³/mol. The Labute approximate surface area is 116 Å². The van der Waals surface area contributed by atoms with E-state index in [1.165, 1.54) is 0 Å². The summed E-state index contributed by atoms with van der Waals surface area (Å²) in [7, 11) is -4.00. The van der Waals surface area contributed by atoms with Crippen LogP contribution >= 0.6 is 0 Å². The van der Waals surface area contributed by atoms with Gasteiger partial charge in [-0.25, -0.2) is 17.2 Å². The third-order valence-electron chi connectivity index (χ3n) is 2.22. The fourth-order valence-corrected chi connectivity index (χ4v) is 2.73. The van der Waals surface area contributed by atoms with Crippen LogP contribution < -0.4 is 0 Å². The lowest BCUT2D eigenvalue weighted by Crippen LogP contribution is -2.25. The molecule has 112 valence electrons. The van der Waals surface area contributed by atoms with E-state index in [1.807, 2.05) is 0 Å². The molecule has 0 aliphatic heterocycles. The molecule has 0 bridgehead atoms. The first-order valence-corrected chi connectivity index (χ1v) is 7.56. The van der Waals surface area contributed by atoms with Gasteiger partial charge in [0.25, 0.3) is 0 Å². The van der Waals surface area contributed by atoms with Gasteiger partial charge in [-0.05, 0) is 32.9 Å². The second-order valence-electron chi connectivity index (χ2n) is 5.23. The zero-order chi connectivity index (χ0) is 15.6. The van der Waals surface area contributed by atoms with Gasteiger partial charge in [0.2, 0.25) is 0 Å². The topological polar surface area (TPSA) is 60.4 Å². The molecule has 0 aliphatic carbocycles. The number of hydrogen-bond donors (Lipinski definition) is 0. The fraction of sp³-hybridized carbons (Fsp3) is 0.462. The van der Waals surface area contributed by atoms with Crippen LogP contribution in [0.5, 0.6) is 0 Å². The van der Waals surface area contributed by atoms with Gasteiger partial charge in [-0.1, -0.05) is 0 Å². The smallest absolute Gasteiger partial charge is 0.307 e. The quantitative estimate of drug-likeness (QED) is 0.633. The van der Waals surface area contributed by atoms with E-state index in [9.17, 15) is 22.0 Å². The van der Waals surface area contributed by atoms with Crippen molar-refractivity contribution in [3.05, 3.63) is 29.8 Å². The zero-order valence-corrected chi connectivity index (χ0v) is 12.3. The first-order chi connectivity index (χ1) is 9.01. The SMILES string of the molecule is CC(C)(C)OC(=O)CCS(=O)(=O)c1ccc(F)cc1F. The second kappa shape index (κ2) is 5.87. The Hall–Kier alpha value is -1.50. The number of esters is 1. The van der Waals surface area contributed by atoms with E-state index in [0.717, 1.165) is 12.1 Å². The van der Waals surface area contributed by atoms with Crippen LogP contribution in [-0.4, -0.2) is 25.7 Å². The summed E-state index contributed by atoms with van der Waals surface area (Å²) in [6.45, 7) is 4.96. The van der Waals surface area contributed by atoms with Crippen molar-refractivity contribution in [2.75, 3.05) is 5.75 Å². The Kier molecular flexibility index (Phi) is 4.86. The van der Waals surface area contributed by atoms with Gasteiger partial charge in [0, 0.05) is 6.07 Å². The molecule has 20 heavy (non-hydrogen) atoms. The summed E-state index contributed by atoms with van der Waals surface area (Å²) in [6.07, 6.45) is -0.392. The van der Waals surface area contributed by atoms with E-state index >= 15 is 0 Å². The van der Waals surface area contributed by atoms with Gasteiger partial charge in [-0.2, -0.15) is 0 Å². The summed E-state index contributed by atoms with van der Waals surface area (Å²) >= 11 is 0. The van der Waals surface area contributed by atoms with E-state index in [0.29, 0.717) is 6.07 Å². The lowest BCUT2D eigenvalue weighted by molar-refractivity contribution is -0.154. The number of hydrogen-bond acceptors (Lipinski definition) is 4. The minimum absolute atomic E-state index is 0.392. The van der Waals surface area contributed by atoms with Gasteiger partial charge in [0.15, 0.2) is 9.84 Å². The predicted octanol–water partition coefficient (Wildman–Crippen LogP) is 2.47. The van der Waals surface area contributed by atoms with Crippen molar-refractivity contribution in [3.63, 3.8) is 0 Å². The van der Waals surface area contributed by atoms with Crippen LogP contribution in [0, 0.1) is 11.6 Å². The minimum Gasteiger partial charge on any atom is -0.460 e. The maximum absolute atomic E-state index is 13.4. The van der Waals surface area contributed by atoms with E-state index in [4.69, 9.17) is 4.74 Å². The highest BCUT2D eigenvalue weighted by Gasteiger charge is 2.23. The maximum atomic E-state index is 13.4. The normalized spacial score (nSPS) is 12.2. The Balaban J connectivity index is 2.78. The van der Waals surface area contributed by atoms with E-state index < -0.39 is 50.1 Å². The lowest BCUT2D eigenvalue weighted by Gasteiger charge is -2.19. The number of rotatable bonds is 4. The molecular formula is C13H16F2O4S. The Morgan fingerprint density at radius 1 is 1.25 bits per heavy atom. The summed E-state index contributed by atoms with van der Waals surface area (Å²) in [6, 6.07) is 2.18. The molecule has 7 heteroatoms. The van der Waals surface area contributed by atoms with Crippen LogP contribution in [-0.2, 0) is 19.4 Å². The van der Waals surface area contributed by atoms with Crippen molar-refractivity contribution >= 4 is 15.8 Å². The molecule has 0 N–H and O–H groups in total. The Morgan fingerprint density at radius 3 is 2.35 bits per heavy atom. The van der Waals surface area contributed by atoms with Crippen molar-refractivity contribution in [2.24, 2.45) is 0 Å². The molecule has 0 fully saturated rings. The highest BCUT2D eigenvalue weighted by atomic mass is 32.2. The molecule has 0 radical (unpaired) electrons. The van der Waals surface area contributed by atoms with Crippen molar-refractivity contribution in [1.29, 1.82) is 0 Å². The van der Waals surface area contributed by atoms with Crippen LogP contribution in [0.4, 0.5) is 8.78 Å². The van der Waals surface area contributed by atoms with Gasteiger partial charge in [-0.3, -0.25) is 4.79 Å². The summed E-state index contributed by atoms with van der Waals surface area (Å²) in [4.78, 5) is 10.8. The Bertz CT molecular complexity index is 603. The molecule has 1 rings (SSSR count). The van der Waals surface area contributed by atoms with Gasteiger partial charge in [-0.15, -0.1) is 0 Å².